The van der Waals surface area contributed by atoms with Gasteiger partial charge in [0.25, 0.3) is 6.43 Å². The van der Waals surface area contributed by atoms with Crippen LogP contribution in [0.25, 0.3) is 11.4 Å². The first-order valence-electron chi connectivity index (χ1n) is 12.1. The molecule has 0 saturated carbocycles. The maximum atomic E-state index is 12.8. The number of carbonyl (C=O) groups excluding carboxylic acids is 1. The number of rotatable bonds is 15. The fourth-order valence-corrected chi connectivity index (χ4v) is 3.77. The minimum atomic E-state index is -2.48. The van der Waals surface area contributed by atoms with Crippen LogP contribution in [0, 0.1) is 5.92 Å². The van der Waals surface area contributed by atoms with Crippen LogP contribution in [-0.4, -0.2) is 38.0 Å². The smallest absolute Gasteiger partial charge is 0.263 e. The largest absolute Gasteiger partial charge is 0.385 e. The number of hydrogen-bond donors (Lipinski definition) is 2. The van der Waals surface area contributed by atoms with Crippen LogP contribution >= 0.6 is 0 Å². The number of allylic oxidation sites excluding steroid dienone is 1. The maximum Gasteiger partial charge on any atom is 0.263 e. The monoisotopic (exact) mass is 496 g/mol. The summed E-state index contributed by atoms with van der Waals surface area (Å²) >= 11 is 0. The van der Waals surface area contributed by atoms with Gasteiger partial charge in [-0.3, -0.25) is 4.79 Å². The van der Waals surface area contributed by atoms with Gasteiger partial charge in [-0.15, -0.1) is 0 Å². The molecule has 1 atom stereocenters. The summed E-state index contributed by atoms with van der Waals surface area (Å²) in [6.45, 7) is 20.5. The summed E-state index contributed by atoms with van der Waals surface area (Å²) in [6, 6.07) is 12.0. The SMILES string of the molecule is C=C(CC(C)CNC(=C)c1ccc(C(F)F)cc1)Nc1ccc(N(C=O)CC)c(C(=C)N(C)CC)c1. The van der Waals surface area contributed by atoms with Crippen LogP contribution in [0.3, 0.4) is 0 Å². The summed E-state index contributed by atoms with van der Waals surface area (Å²) in [5.74, 6) is 0.243. The lowest BCUT2D eigenvalue weighted by atomic mass is 10.0. The van der Waals surface area contributed by atoms with E-state index in [9.17, 15) is 13.6 Å². The molecule has 36 heavy (non-hydrogen) atoms. The van der Waals surface area contributed by atoms with Gasteiger partial charge in [0.2, 0.25) is 6.41 Å². The Morgan fingerprint density at radius 3 is 2.28 bits per heavy atom. The highest BCUT2D eigenvalue weighted by Gasteiger charge is 2.15. The van der Waals surface area contributed by atoms with Gasteiger partial charge in [-0.25, -0.2) is 8.78 Å². The molecule has 2 rings (SSSR count). The number of carbonyl (C=O) groups is 1. The summed E-state index contributed by atoms with van der Waals surface area (Å²) < 4.78 is 25.5. The second-order valence-corrected chi connectivity index (χ2v) is 8.90. The fourth-order valence-electron chi connectivity index (χ4n) is 3.77. The van der Waals surface area contributed by atoms with Gasteiger partial charge in [-0.2, -0.15) is 0 Å². The third kappa shape index (κ3) is 7.70. The third-order valence-electron chi connectivity index (χ3n) is 6.11. The number of nitrogens with zero attached hydrogens (tertiary/aromatic N) is 2. The van der Waals surface area contributed by atoms with Gasteiger partial charge in [-0.1, -0.05) is 50.9 Å². The van der Waals surface area contributed by atoms with Crippen LogP contribution in [0.2, 0.25) is 0 Å². The van der Waals surface area contributed by atoms with E-state index in [0.717, 1.165) is 46.9 Å². The number of nitrogens with one attached hydrogen (secondary N) is 2. The minimum Gasteiger partial charge on any atom is -0.385 e. The summed E-state index contributed by atoms with van der Waals surface area (Å²) in [5, 5.41) is 6.67. The highest BCUT2D eigenvalue weighted by molar-refractivity contribution is 5.85. The molecular weight excluding hydrogens is 458 g/mol. The maximum absolute atomic E-state index is 12.8. The predicted octanol–water partition coefficient (Wildman–Crippen LogP) is 6.74. The number of alkyl halides is 2. The molecule has 0 spiro atoms. The normalized spacial score (nSPS) is 11.5. The van der Waals surface area contributed by atoms with Crippen molar-refractivity contribution in [3.8, 4) is 0 Å². The minimum absolute atomic E-state index is 0.00282. The lowest BCUT2D eigenvalue weighted by Crippen LogP contribution is -2.23. The van der Waals surface area contributed by atoms with Crippen LogP contribution < -0.4 is 15.5 Å². The lowest BCUT2D eigenvalue weighted by Gasteiger charge is -2.26. The third-order valence-corrected chi connectivity index (χ3v) is 6.11. The number of hydrogen-bond acceptors (Lipinski definition) is 4. The Bertz CT molecular complexity index is 1070. The van der Waals surface area contributed by atoms with Crippen LogP contribution in [0.4, 0.5) is 20.2 Å². The molecule has 2 N–H and O–H groups in total. The van der Waals surface area contributed by atoms with E-state index in [4.69, 9.17) is 0 Å². The van der Waals surface area contributed by atoms with Crippen LogP contribution in [0.1, 0.15) is 50.3 Å². The average Bonchev–Trinajstić information content (AvgIpc) is 2.87. The van der Waals surface area contributed by atoms with E-state index in [2.05, 4.69) is 44.2 Å². The number of halogens is 2. The Hall–Kier alpha value is -3.61. The van der Waals surface area contributed by atoms with Crippen molar-refractivity contribution in [3.05, 3.63) is 84.6 Å². The van der Waals surface area contributed by atoms with Gasteiger partial charge in [0, 0.05) is 60.6 Å². The Kier molecular flexibility index (Phi) is 10.7. The highest BCUT2D eigenvalue weighted by atomic mass is 19.3. The van der Waals surface area contributed by atoms with Gasteiger partial charge in [-0.05, 0) is 49.9 Å². The molecule has 2 aromatic rings. The Balaban J connectivity index is 2.01. The van der Waals surface area contributed by atoms with Gasteiger partial charge in [0.05, 0.1) is 5.69 Å². The van der Waals surface area contributed by atoms with E-state index in [-0.39, 0.29) is 11.5 Å². The van der Waals surface area contributed by atoms with Gasteiger partial charge in [0.15, 0.2) is 0 Å². The lowest BCUT2D eigenvalue weighted by molar-refractivity contribution is -0.107. The van der Waals surface area contributed by atoms with E-state index in [1.165, 1.54) is 12.1 Å². The second-order valence-electron chi connectivity index (χ2n) is 8.90. The van der Waals surface area contributed by atoms with E-state index in [0.29, 0.717) is 25.2 Å². The quantitative estimate of drug-likeness (QED) is 0.268. The van der Waals surface area contributed by atoms with Crippen molar-refractivity contribution in [1.82, 2.24) is 10.2 Å². The molecule has 1 amide bonds. The second kappa shape index (κ2) is 13.5. The zero-order valence-electron chi connectivity index (χ0n) is 21.8. The first-order valence-corrected chi connectivity index (χ1v) is 12.1. The Morgan fingerprint density at radius 1 is 1.06 bits per heavy atom. The van der Waals surface area contributed by atoms with Crippen molar-refractivity contribution in [2.75, 3.05) is 36.9 Å². The van der Waals surface area contributed by atoms with E-state index in [1.54, 1.807) is 17.0 Å². The van der Waals surface area contributed by atoms with E-state index in [1.807, 2.05) is 37.1 Å². The summed E-state index contributed by atoms with van der Waals surface area (Å²) in [5.41, 5.74) is 5.72. The Morgan fingerprint density at radius 2 is 1.72 bits per heavy atom. The van der Waals surface area contributed by atoms with Crippen LogP contribution in [0.15, 0.2) is 67.9 Å². The molecule has 194 valence electrons. The molecule has 2 aromatic carbocycles. The molecule has 0 fully saturated rings. The zero-order valence-corrected chi connectivity index (χ0v) is 21.8. The molecule has 0 aliphatic rings. The molecule has 5 nitrogen and oxygen atoms in total. The van der Waals surface area contributed by atoms with E-state index < -0.39 is 6.43 Å². The van der Waals surface area contributed by atoms with Crippen molar-refractivity contribution >= 4 is 29.2 Å². The molecule has 7 heteroatoms. The van der Waals surface area contributed by atoms with Gasteiger partial charge >= 0.3 is 0 Å². The fraction of sp³-hybridized carbons (Fsp3) is 0.345. The Labute approximate surface area is 214 Å². The zero-order chi connectivity index (χ0) is 26.8. The molecule has 0 aliphatic carbocycles. The molecule has 0 saturated heterocycles. The van der Waals surface area contributed by atoms with Gasteiger partial charge in [0.1, 0.15) is 0 Å². The van der Waals surface area contributed by atoms with E-state index >= 15 is 0 Å². The molecule has 0 radical (unpaired) electrons. The molecule has 0 bridgehead atoms. The summed E-state index contributed by atoms with van der Waals surface area (Å²) in [7, 11) is 1.97. The first kappa shape index (κ1) is 28.6. The molecule has 0 aliphatic heterocycles. The molecule has 1 unspecified atom stereocenters. The number of anilines is 2. The van der Waals surface area contributed by atoms with Crippen molar-refractivity contribution in [1.29, 1.82) is 0 Å². The van der Waals surface area contributed by atoms with Crippen LogP contribution in [0.5, 0.6) is 0 Å². The topological polar surface area (TPSA) is 47.6 Å². The molecular formula is C29H38F2N4O. The first-order chi connectivity index (χ1) is 17.1. The summed E-state index contributed by atoms with van der Waals surface area (Å²) in [4.78, 5) is 15.3. The van der Waals surface area contributed by atoms with Crippen molar-refractivity contribution in [2.45, 2.75) is 33.6 Å². The van der Waals surface area contributed by atoms with Crippen molar-refractivity contribution in [3.63, 3.8) is 0 Å². The highest BCUT2D eigenvalue weighted by Crippen LogP contribution is 2.31. The summed E-state index contributed by atoms with van der Waals surface area (Å²) in [6.07, 6.45) is -0.931. The van der Waals surface area contributed by atoms with Crippen LogP contribution in [-0.2, 0) is 4.79 Å². The number of amides is 1. The predicted molar refractivity (Wildman–Crippen MR) is 148 cm³/mol. The van der Waals surface area contributed by atoms with Crippen molar-refractivity contribution < 1.29 is 13.6 Å². The molecule has 0 aromatic heterocycles. The van der Waals surface area contributed by atoms with Gasteiger partial charge < -0.3 is 20.4 Å². The number of benzene rings is 2. The van der Waals surface area contributed by atoms with Crippen molar-refractivity contribution in [2.24, 2.45) is 5.92 Å². The standard InChI is InChI=1S/C29H38F2N4O/c1-8-34(7)23(6)27-17-26(14-15-28(27)35(9-2)19-36)33-21(4)16-20(3)18-32-22(5)24-10-12-25(13-11-24)29(30)31/h10-15,17,19-20,29,32-33H,4-6,8-9,16,18H2,1-3,7H3. The average molecular weight is 497 g/mol. The molecule has 0 heterocycles.